The van der Waals surface area contributed by atoms with Crippen molar-refractivity contribution < 1.29 is 9.18 Å². The molecule has 0 saturated carbocycles. The van der Waals surface area contributed by atoms with E-state index < -0.39 is 0 Å². The number of imidazole rings is 1. The van der Waals surface area contributed by atoms with Gasteiger partial charge in [-0.25, -0.2) is 9.37 Å². The Labute approximate surface area is 134 Å². The fourth-order valence-electron chi connectivity index (χ4n) is 2.52. The molecule has 4 nitrogen and oxygen atoms in total. The van der Waals surface area contributed by atoms with Gasteiger partial charge in [-0.15, -0.1) is 0 Å². The maximum absolute atomic E-state index is 12.9. The van der Waals surface area contributed by atoms with Crippen molar-refractivity contribution in [3.05, 3.63) is 60.2 Å². The minimum absolute atomic E-state index is 0.140. The summed E-state index contributed by atoms with van der Waals surface area (Å²) in [6.07, 6.45) is 2.07. The van der Waals surface area contributed by atoms with Gasteiger partial charge in [-0.05, 0) is 55.8 Å². The Morgan fingerprint density at radius 2 is 1.96 bits per heavy atom. The van der Waals surface area contributed by atoms with Crippen LogP contribution in [0.25, 0.3) is 11.0 Å². The summed E-state index contributed by atoms with van der Waals surface area (Å²) >= 11 is 0. The first-order valence-corrected chi connectivity index (χ1v) is 7.54. The molecule has 0 aliphatic carbocycles. The SMILES string of the molecule is CC(C)n1cnc2cc(CC(=O)Nc3ccc(F)cc3)ccc21. The van der Waals surface area contributed by atoms with Crippen LogP contribution in [0.4, 0.5) is 10.1 Å². The summed E-state index contributed by atoms with van der Waals surface area (Å²) in [5, 5.41) is 2.76. The van der Waals surface area contributed by atoms with Gasteiger partial charge in [0.05, 0.1) is 23.8 Å². The van der Waals surface area contributed by atoms with Crippen LogP contribution in [0.3, 0.4) is 0 Å². The lowest BCUT2D eigenvalue weighted by Crippen LogP contribution is -2.14. The maximum Gasteiger partial charge on any atom is 0.228 e. The van der Waals surface area contributed by atoms with Crippen molar-refractivity contribution in [1.82, 2.24) is 9.55 Å². The number of nitrogens with one attached hydrogen (secondary N) is 1. The molecule has 2 aromatic carbocycles. The standard InChI is InChI=1S/C18H18FN3O/c1-12(2)22-11-20-16-9-13(3-8-17(16)22)10-18(23)21-15-6-4-14(19)5-7-15/h3-9,11-12H,10H2,1-2H3,(H,21,23). The van der Waals surface area contributed by atoms with Crippen molar-refractivity contribution in [1.29, 1.82) is 0 Å². The molecule has 118 valence electrons. The van der Waals surface area contributed by atoms with Crippen LogP contribution in [0.2, 0.25) is 0 Å². The number of amides is 1. The van der Waals surface area contributed by atoms with Crippen molar-refractivity contribution >= 4 is 22.6 Å². The highest BCUT2D eigenvalue weighted by Crippen LogP contribution is 2.19. The Kier molecular flexibility index (Phi) is 4.10. The van der Waals surface area contributed by atoms with Crippen LogP contribution < -0.4 is 5.32 Å². The Hall–Kier alpha value is -2.69. The van der Waals surface area contributed by atoms with E-state index in [-0.39, 0.29) is 18.1 Å². The first-order valence-electron chi connectivity index (χ1n) is 7.54. The number of halogens is 1. The van der Waals surface area contributed by atoms with Crippen LogP contribution in [0.1, 0.15) is 25.5 Å². The fraction of sp³-hybridized carbons (Fsp3) is 0.222. The molecule has 0 spiro atoms. The molecule has 0 aliphatic heterocycles. The minimum atomic E-state index is -0.325. The van der Waals surface area contributed by atoms with E-state index in [1.165, 1.54) is 12.1 Å². The summed E-state index contributed by atoms with van der Waals surface area (Å²) in [5.41, 5.74) is 3.42. The Bertz CT molecular complexity index is 837. The van der Waals surface area contributed by atoms with Crippen molar-refractivity contribution in [2.24, 2.45) is 0 Å². The second-order valence-corrected chi connectivity index (χ2v) is 5.80. The van der Waals surface area contributed by atoms with Gasteiger partial charge in [-0.1, -0.05) is 6.07 Å². The lowest BCUT2D eigenvalue weighted by Gasteiger charge is -2.08. The molecule has 0 bridgehead atoms. The van der Waals surface area contributed by atoms with Gasteiger partial charge < -0.3 is 9.88 Å². The molecule has 23 heavy (non-hydrogen) atoms. The number of hydrogen-bond donors (Lipinski definition) is 1. The van der Waals surface area contributed by atoms with E-state index >= 15 is 0 Å². The number of carbonyl (C=O) groups excluding carboxylic acids is 1. The summed E-state index contributed by atoms with van der Waals surface area (Å²) in [6.45, 7) is 4.20. The van der Waals surface area contributed by atoms with E-state index in [2.05, 4.69) is 28.7 Å². The van der Waals surface area contributed by atoms with E-state index in [4.69, 9.17) is 0 Å². The summed E-state index contributed by atoms with van der Waals surface area (Å²) in [5.74, 6) is -0.464. The topological polar surface area (TPSA) is 46.9 Å². The molecule has 0 aliphatic rings. The quantitative estimate of drug-likeness (QED) is 0.793. The molecule has 0 radical (unpaired) electrons. The van der Waals surface area contributed by atoms with Crippen molar-refractivity contribution in [2.75, 3.05) is 5.32 Å². The summed E-state index contributed by atoms with van der Waals surface area (Å²) in [7, 11) is 0. The highest BCUT2D eigenvalue weighted by molar-refractivity contribution is 5.92. The predicted molar refractivity (Wildman–Crippen MR) is 88.9 cm³/mol. The van der Waals surface area contributed by atoms with Crippen LogP contribution in [0.15, 0.2) is 48.8 Å². The molecular weight excluding hydrogens is 293 g/mol. The zero-order valence-electron chi connectivity index (χ0n) is 13.1. The third-order valence-electron chi connectivity index (χ3n) is 3.69. The van der Waals surface area contributed by atoms with Gasteiger partial charge in [0, 0.05) is 11.7 Å². The summed E-state index contributed by atoms with van der Waals surface area (Å²) in [4.78, 5) is 16.5. The van der Waals surface area contributed by atoms with Gasteiger partial charge in [-0.3, -0.25) is 4.79 Å². The second kappa shape index (κ2) is 6.20. The number of fused-ring (bicyclic) bond motifs is 1. The molecule has 1 amide bonds. The molecule has 0 fully saturated rings. The highest BCUT2D eigenvalue weighted by atomic mass is 19.1. The van der Waals surface area contributed by atoms with Crippen LogP contribution in [0.5, 0.6) is 0 Å². The molecule has 3 rings (SSSR count). The molecule has 1 N–H and O–H groups in total. The van der Waals surface area contributed by atoms with E-state index in [1.807, 2.05) is 24.5 Å². The molecule has 1 heterocycles. The largest absolute Gasteiger partial charge is 0.328 e. The van der Waals surface area contributed by atoms with Gasteiger partial charge >= 0.3 is 0 Å². The summed E-state index contributed by atoms with van der Waals surface area (Å²) < 4.78 is 15.0. The average Bonchev–Trinajstić information content (AvgIpc) is 2.93. The molecule has 3 aromatic rings. The van der Waals surface area contributed by atoms with Gasteiger partial charge in [0.2, 0.25) is 5.91 Å². The molecule has 1 aromatic heterocycles. The average molecular weight is 311 g/mol. The van der Waals surface area contributed by atoms with Crippen LogP contribution in [-0.2, 0) is 11.2 Å². The second-order valence-electron chi connectivity index (χ2n) is 5.80. The van der Waals surface area contributed by atoms with Crippen molar-refractivity contribution in [3.8, 4) is 0 Å². The first kappa shape index (κ1) is 15.2. The van der Waals surface area contributed by atoms with E-state index in [0.717, 1.165) is 16.6 Å². The maximum atomic E-state index is 12.9. The third-order valence-corrected chi connectivity index (χ3v) is 3.69. The van der Waals surface area contributed by atoms with Crippen LogP contribution in [-0.4, -0.2) is 15.5 Å². The molecule has 5 heteroatoms. The number of carbonyl (C=O) groups is 1. The number of nitrogens with zero attached hydrogens (tertiary/aromatic N) is 2. The molecule has 0 atom stereocenters. The fourth-order valence-corrected chi connectivity index (χ4v) is 2.52. The van der Waals surface area contributed by atoms with Crippen molar-refractivity contribution in [2.45, 2.75) is 26.3 Å². The minimum Gasteiger partial charge on any atom is -0.328 e. The van der Waals surface area contributed by atoms with Gasteiger partial charge in [0.25, 0.3) is 0 Å². The lowest BCUT2D eigenvalue weighted by atomic mass is 10.1. The number of hydrogen-bond acceptors (Lipinski definition) is 2. The van der Waals surface area contributed by atoms with Gasteiger partial charge in [-0.2, -0.15) is 0 Å². The molecule has 0 saturated heterocycles. The lowest BCUT2D eigenvalue weighted by molar-refractivity contribution is -0.115. The highest BCUT2D eigenvalue weighted by Gasteiger charge is 2.09. The zero-order chi connectivity index (χ0) is 16.4. The molecular formula is C18H18FN3O. The van der Waals surface area contributed by atoms with E-state index in [0.29, 0.717) is 11.7 Å². The summed E-state index contributed by atoms with van der Waals surface area (Å²) in [6, 6.07) is 11.9. The smallest absolute Gasteiger partial charge is 0.228 e. The normalized spacial score (nSPS) is 11.1. The van der Waals surface area contributed by atoms with Crippen LogP contribution in [0, 0.1) is 5.82 Å². The Balaban J connectivity index is 1.73. The predicted octanol–water partition coefficient (Wildman–Crippen LogP) is 3.94. The van der Waals surface area contributed by atoms with Crippen LogP contribution >= 0.6 is 0 Å². The van der Waals surface area contributed by atoms with E-state index in [9.17, 15) is 9.18 Å². The first-order chi connectivity index (χ1) is 11.0. The number of aromatic nitrogens is 2. The number of benzene rings is 2. The zero-order valence-corrected chi connectivity index (χ0v) is 13.1. The molecule has 0 unspecified atom stereocenters. The van der Waals surface area contributed by atoms with E-state index in [1.54, 1.807) is 12.1 Å². The number of rotatable bonds is 4. The third kappa shape index (κ3) is 3.39. The van der Waals surface area contributed by atoms with Gasteiger partial charge in [0.1, 0.15) is 5.82 Å². The van der Waals surface area contributed by atoms with Gasteiger partial charge in [0.15, 0.2) is 0 Å². The Morgan fingerprint density at radius 3 is 2.65 bits per heavy atom. The van der Waals surface area contributed by atoms with Crippen molar-refractivity contribution in [3.63, 3.8) is 0 Å². The Morgan fingerprint density at radius 1 is 1.22 bits per heavy atom. The number of anilines is 1. The monoisotopic (exact) mass is 311 g/mol.